The zero-order valence-corrected chi connectivity index (χ0v) is 18.5. The van der Waals surface area contributed by atoms with Crippen molar-refractivity contribution in [1.29, 1.82) is 0 Å². The van der Waals surface area contributed by atoms with E-state index in [1.807, 2.05) is 99.6 Å². The van der Waals surface area contributed by atoms with Crippen molar-refractivity contribution in [2.24, 2.45) is 0 Å². The Bertz CT molecular complexity index is 980. The lowest BCUT2D eigenvalue weighted by Gasteiger charge is -2.22. The Morgan fingerprint density at radius 2 is 1.48 bits per heavy atom. The number of carbonyl (C=O) groups excluding carboxylic acids is 1. The zero-order chi connectivity index (χ0) is 22.3. The summed E-state index contributed by atoms with van der Waals surface area (Å²) < 4.78 is 11.2. The molecule has 1 amide bonds. The normalized spacial score (nSPS) is 12.0. The van der Waals surface area contributed by atoms with Crippen LogP contribution < -0.4 is 15.4 Å². The quantitative estimate of drug-likeness (QED) is 0.444. The highest BCUT2D eigenvalue weighted by molar-refractivity contribution is 5.89. The van der Waals surface area contributed by atoms with Gasteiger partial charge in [-0.25, -0.2) is 4.79 Å². The summed E-state index contributed by atoms with van der Waals surface area (Å²) in [5, 5.41) is 6.28. The number of benzene rings is 3. The van der Waals surface area contributed by atoms with Crippen molar-refractivity contribution in [1.82, 2.24) is 0 Å². The second kappa shape index (κ2) is 10.0. The first-order valence-electron chi connectivity index (χ1n) is 10.4. The number of para-hydroxylation sites is 2. The average molecular weight is 419 g/mol. The minimum absolute atomic E-state index is 0.0322. The van der Waals surface area contributed by atoms with Crippen LogP contribution in [0.4, 0.5) is 16.2 Å². The van der Waals surface area contributed by atoms with Crippen molar-refractivity contribution in [2.45, 2.75) is 45.9 Å². The van der Waals surface area contributed by atoms with Gasteiger partial charge in [-0.3, -0.25) is 5.32 Å². The second-order valence-electron chi connectivity index (χ2n) is 8.38. The first kappa shape index (κ1) is 22.2. The molecule has 5 heteroatoms. The topological polar surface area (TPSA) is 59.6 Å². The van der Waals surface area contributed by atoms with Crippen LogP contribution in [0.15, 0.2) is 78.9 Å². The Morgan fingerprint density at radius 1 is 0.871 bits per heavy atom. The zero-order valence-electron chi connectivity index (χ0n) is 18.5. The van der Waals surface area contributed by atoms with Gasteiger partial charge in [-0.15, -0.1) is 0 Å². The summed E-state index contributed by atoms with van der Waals surface area (Å²) in [6, 6.07) is 25.7. The summed E-state index contributed by atoms with van der Waals surface area (Å²) in [6.07, 6.45) is -0.477. The first-order chi connectivity index (χ1) is 14.8. The summed E-state index contributed by atoms with van der Waals surface area (Å²) in [6.45, 7) is 8.13. The van der Waals surface area contributed by atoms with Crippen molar-refractivity contribution < 1.29 is 14.3 Å². The molecule has 0 fully saturated rings. The van der Waals surface area contributed by atoms with E-state index in [0.29, 0.717) is 12.3 Å². The highest BCUT2D eigenvalue weighted by Crippen LogP contribution is 2.27. The Morgan fingerprint density at radius 3 is 2.13 bits per heavy atom. The van der Waals surface area contributed by atoms with Crippen LogP contribution in [-0.4, -0.2) is 11.7 Å². The highest BCUT2D eigenvalue weighted by Gasteiger charge is 2.17. The molecule has 3 aromatic carbocycles. The molecule has 0 radical (unpaired) electrons. The molecule has 0 spiro atoms. The van der Waals surface area contributed by atoms with Crippen molar-refractivity contribution in [3.05, 3.63) is 90.0 Å². The minimum Gasteiger partial charge on any atom is -0.489 e. The van der Waals surface area contributed by atoms with Gasteiger partial charge >= 0.3 is 6.09 Å². The number of ether oxygens (including phenoxy) is 2. The van der Waals surface area contributed by atoms with E-state index in [-0.39, 0.29) is 6.04 Å². The number of carbonyl (C=O) groups is 1. The molecule has 162 valence electrons. The van der Waals surface area contributed by atoms with Gasteiger partial charge in [0.15, 0.2) is 0 Å². The third-order valence-corrected chi connectivity index (χ3v) is 4.56. The third-order valence-electron chi connectivity index (χ3n) is 4.56. The Hall–Kier alpha value is -3.47. The molecule has 3 aromatic rings. The molecule has 0 aliphatic rings. The Kier molecular flexibility index (Phi) is 7.19. The molecule has 5 nitrogen and oxygen atoms in total. The standard InChI is InChI=1S/C26H30N2O3/c1-19(21-14-16-22(17-15-21)30-18-20-10-6-5-7-11-20)27-23-12-8-9-13-24(23)28-25(29)31-26(2,3)4/h5-17,19,27H,18H2,1-4H3,(H,28,29). The predicted molar refractivity (Wildman–Crippen MR) is 126 cm³/mol. The summed E-state index contributed by atoms with van der Waals surface area (Å²) >= 11 is 0. The van der Waals surface area contributed by atoms with E-state index in [9.17, 15) is 4.79 Å². The maximum absolute atomic E-state index is 12.2. The molecule has 0 saturated carbocycles. The molecule has 2 N–H and O–H groups in total. The van der Waals surface area contributed by atoms with E-state index in [1.54, 1.807) is 0 Å². The van der Waals surface area contributed by atoms with Gasteiger partial charge in [-0.1, -0.05) is 54.6 Å². The molecule has 31 heavy (non-hydrogen) atoms. The monoisotopic (exact) mass is 418 g/mol. The largest absolute Gasteiger partial charge is 0.489 e. The fourth-order valence-electron chi connectivity index (χ4n) is 3.04. The molecule has 0 bridgehead atoms. The van der Waals surface area contributed by atoms with Gasteiger partial charge in [0, 0.05) is 6.04 Å². The SMILES string of the molecule is CC(Nc1ccccc1NC(=O)OC(C)(C)C)c1ccc(OCc2ccccc2)cc1. The van der Waals surface area contributed by atoms with Gasteiger partial charge in [-0.05, 0) is 63.1 Å². The summed E-state index contributed by atoms with van der Waals surface area (Å²) in [4.78, 5) is 12.2. The molecule has 0 saturated heterocycles. The molecule has 1 unspecified atom stereocenters. The van der Waals surface area contributed by atoms with Crippen LogP contribution in [0.3, 0.4) is 0 Å². The van der Waals surface area contributed by atoms with E-state index in [2.05, 4.69) is 17.6 Å². The van der Waals surface area contributed by atoms with Crippen molar-refractivity contribution in [3.8, 4) is 5.75 Å². The number of amides is 1. The van der Waals surface area contributed by atoms with E-state index in [4.69, 9.17) is 9.47 Å². The number of rotatable bonds is 7. The van der Waals surface area contributed by atoms with E-state index < -0.39 is 11.7 Å². The molecular formula is C26H30N2O3. The van der Waals surface area contributed by atoms with Gasteiger partial charge in [-0.2, -0.15) is 0 Å². The van der Waals surface area contributed by atoms with Crippen LogP contribution in [0.1, 0.15) is 44.9 Å². The van der Waals surface area contributed by atoms with Gasteiger partial charge < -0.3 is 14.8 Å². The molecule has 0 aromatic heterocycles. The van der Waals surface area contributed by atoms with Gasteiger partial charge in [0.1, 0.15) is 18.0 Å². The molecule has 0 aliphatic heterocycles. The fraction of sp³-hybridized carbons (Fsp3) is 0.269. The van der Waals surface area contributed by atoms with Crippen LogP contribution in [0, 0.1) is 0 Å². The maximum Gasteiger partial charge on any atom is 0.412 e. The van der Waals surface area contributed by atoms with Gasteiger partial charge in [0.25, 0.3) is 0 Å². The summed E-state index contributed by atoms with van der Waals surface area (Å²) in [7, 11) is 0. The second-order valence-corrected chi connectivity index (χ2v) is 8.38. The first-order valence-corrected chi connectivity index (χ1v) is 10.4. The van der Waals surface area contributed by atoms with Gasteiger partial charge in [0.05, 0.1) is 11.4 Å². The van der Waals surface area contributed by atoms with Crippen molar-refractivity contribution >= 4 is 17.5 Å². The number of hydrogen-bond acceptors (Lipinski definition) is 4. The van der Waals surface area contributed by atoms with E-state index in [1.165, 1.54) is 0 Å². The van der Waals surface area contributed by atoms with E-state index in [0.717, 1.165) is 22.6 Å². The highest BCUT2D eigenvalue weighted by atomic mass is 16.6. The molecule has 1 atom stereocenters. The lowest BCUT2D eigenvalue weighted by Crippen LogP contribution is -2.27. The number of nitrogens with one attached hydrogen (secondary N) is 2. The third kappa shape index (κ3) is 7.07. The van der Waals surface area contributed by atoms with Crippen LogP contribution >= 0.6 is 0 Å². The molecule has 0 aliphatic carbocycles. The number of hydrogen-bond donors (Lipinski definition) is 2. The van der Waals surface area contributed by atoms with Crippen LogP contribution in [0.2, 0.25) is 0 Å². The molecule has 0 heterocycles. The van der Waals surface area contributed by atoms with Crippen molar-refractivity contribution in [3.63, 3.8) is 0 Å². The predicted octanol–water partition coefficient (Wildman–Crippen LogP) is 6.79. The smallest absolute Gasteiger partial charge is 0.412 e. The van der Waals surface area contributed by atoms with Crippen LogP contribution in [0.5, 0.6) is 5.75 Å². The summed E-state index contributed by atoms with van der Waals surface area (Å²) in [5.41, 5.74) is 3.19. The Labute approximate surface area is 184 Å². The summed E-state index contributed by atoms with van der Waals surface area (Å²) in [5.74, 6) is 0.826. The average Bonchev–Trinajstić information content (AvgIpc) is 2.73. The lowest BCUT2D eigenvalue weighted by molar-refractivity contribution is 0.0636. The van der Waals surface area contributed by atoms with Crippen molar-refractivity contribution in [2.75, 3.05) is 10.6 Å². The van der Waals surface area contributed by atoms with Crippen LogP contribution in [0.25, 0.3) is 0 Å². The minimum atomic E-state index is -0.552. The fourth-order valence-corrected chi connectivity index (χ4v) is 3.04. The Balaban J connectivity index is 1.61. The lowest BCUT2D eigenvalue weighted by atomic mass is 10.1. The maximum atomic E-state index is 12.2. The van der Waals surface area contributed by atoms with Gasteiger partial charge in [0.2, 0.25) is 0 Å². The number of anilines is 2. The van der Waals surface area contributed by atoms with E-state index >= 15 is 0 Å². The van der Waals surface area contributed by atoms with Crippen LogP contribution in [-0.2, 0) is 11.3 Å². The molecule has 3 rings (SSSR count). The molecular weight excluding hydrogens is 388 g/mol.